The molecule has 0 aromatic heterocycles. The number of aryl methyl sites for hydroxylation is 2. The predicted octanol–water partition coefficient (Wildman–Crippen LogP) is 6.05. The van der Waals surface area contributed by atoms with Crippen molar-refractivity contribution < 1.29 is 0 Å². The highest BCUT2D eigenvalue weighted by atomic mass is 15.3. The number of allylic oxidation sites excluding steroid dienone is 2. The molecule has 0 radical (unpaired) electrons. The van der Waals surface area contributed by atoms with Gasteiger partial charge in [0.25, 0.3) is 0 Å². The number of nitrogens with zero attached hydrogens (tertiary/aromatic N) is 3. The zero-order valence-electron chi connectivity index (χ0n) is 19.0. The van der Waals surface area contributed by atoms with Gasteiger partial charge in [-0.1, -0.05) is 24.6 Å². The molecule has 3 aliphatic rings. The zero-order chi connectivity index (χ0) is 20.9. The standard InChI is InChI=1S/C27H37N3/c1-4-5-6-7-11-23-12-10-14-25-22(3)18-21(2)19-26(25)28-27(23)30-17-16-29-15-9-8-13-24(29)20-30/h4,6,10,14,18-19,23-24H,7-9,11-13,15-17,20H2,1-3H3/b14-10-,28-27?/t5?,23-,24?/m1/s1. The van der Waals surface area contributed by atoms with E-state index in [0.717, 1.165) is 38.0 Å². The van der Waals surface area contributed by atoms with Gasteiger partial charge in [0.15, 0.2) is 0 Å². The van der Waals surface area contributed by atoms with Crippen molar-refractivity contribution in [2.75, 3.05) is 26.2 Å². The maximum atomic E-state index is 5.39. The van der Waals surface area contributed by atoms with Gasteiger partial charge in [0.1, 0.15) is 5.84 Å². The van der Waals surface area contributed by atoms with E-state index >= 15 is 0 Å². The van der Waals surface area contributed by atoms with Crippen LogP contribution in [0.3, 0.4) is 0 Å². The highest BCUT2D eigenvalue weighted by Gasteiger charge is 2.32. The zero-order valence-corrected chi connectivity index (χ0v) is 19.0. The topological polar surface area (TPSA) is 18.8 Å². The number of piperidine rings is 1. The summed E-state index contributed by atoms with van der Waals surface area (Å²) in [6.07, 6.45) is 16.2. The van der Waals surface area contributed by atoms with Crippen LogP contribution in [-0.2, 0) is 0 Å². The van der Waals surface area contributed by atoms with Gasteiger partial charge in [-0.3, -0.25) is 4.90 Å². The second-order valence-electron chi connectivity index (χ2n) is 9.19. The van der Waals surface area contributed by atoms with Crippen molar-refractivity contribution in [3.63, 3.8) is 0 Å². The summed E-state index contributed by atoms with van der Waals surface area (Å²) in [5.41, 5.74) is 8.32. The van der Waals surface area contributed by atoms with Crippen LogP contribution in [-0.4, -0.2) is 47.9 Å². The van der Waals surface area contributed by atoms with Crippen LogP contribution in [0.2, 0.25) is 0 Å². The normalized spacial score (nSPS) is 25.2. The fourth-order valence-electron chi connectivity index (χ4n) is 5.36. The molecule has 0 aliphatic carbocycles. The Morgan fingerprint density at radius 3 is 2.93 bits per heavy atom. The van der Waals surface area contributed by atoms with E-state index in [4.69, 9.17) is 4.99 Å². The summed E-state index contributed by atoms with van der Waals surface area (Å²) >= 11 is 0. The van der Waals surface area contributed by atoms with Gasteiger partial charge in [-0.2, -0.15) is 0 Å². The lowest BCUT2D eigenvalue weighted by atomic mass is 9.92. The van der Waals surface area contributed by atoms with Crippen LogP contribution < -0.4 is 0 Å². The Kier molecular flexibility index (Phi) is 6.92. The first-order valence-corrected chi connectivity index (χ1v) is 11.9. The molecule has 0 saturated carbocycles. The molecule has 3 aliphatic heterocycles. The molecule has 1 aromatic carbocycles. The molecule has 2 saturated heterocycles. The molecular weight excluding hydrogens is 366 g/mol. The quantitative estimate of drug-likeness (QED) is 0.572. The molecule has 1 unspecified atom stereocenters. The molecule has 160 valence electrons. The fraction of sp³-hybridized carbons (Fsp3) is 0.556. The highest BCUT2D eigenvalue weighted by molar-refractivity contribution is 5.89. The van der Waals surface area contributed by atoms with Crippen LogP contribution in [0.5, 0.6) is 0 Å². The minimum absolute atomic E-state index is 0.472. The molecule has 1 aromatic rings. The number of fused-ring (bicyclic) bond motifs is 2. The summed E-state index contributed by atoms with van der Waals surface area (Å²) in [7, 11) is 0. The molecule has 3 nitrogen and oxygen atoms in total. The van der Waals surface area contributed by atoms with E-state index in [1.54, 1.807) is 0 Å². The Morgan fingerprint density at radius 2 is 2.07 bits per heavy atom. The van der Waals surface area contributed by atoms with Gasteiger partial charge >= 0.3 is 0 Å². The van der Waals surface area contributed by atoms with Gasteiger partial charge in [0, 0.05) is 37.2 Å². The van der Waals surface area contributed by atoms with Crippen LogP contribution >= 0.6 is 0 Å². The van der Waals surface area contributed by atoms with Gasteiger partial charge in [-0.25, -0.2) is 4.99 Å². The molecule has 4 rings (SSSR count). The SMILES string of the molecule is CC=C=CCC[C@@H]1C/C=C\c2c(C)cc(C)cc2N=C1N1CCN2CCCCC2C1. The van der Waals surface area contributed by atoms with Crippen LogP contribution in [0, 0.1) is 19.8 Å². The lowest BCUT2D eigenvalue weighted by Gasteiger charge is -2.46. The van der Waals surface area contributed by atoms with Crippen LogP contribution in [0.1, 0.15) is 62.1 Å². The van der Waals surface area contributed by atoms with E-state index in [1.165, 1.54) is 54.9 Å². The average molecular weight is 404 g/mol. The molecule has 30 heavy (non-hydrogen) atoms. The van der Waals surface area contributed by atoms with E-state index in [0.29, 0.717) is 12.0 Å². The van der Waals surface area contributed by atoms with Crippen molar-refractivity contribution >= 4 is 17.6 Å². The van der Waals surface area contributed by atoms with Gasteiger partial charge in [-0.05, 0) is 88.8 Å². The number of benzene rings is 1. The molecule has 0 spiro atoms. The molecule has 2 atom stereocenters. The summed E-state index contributed by atoms with van der Waals surface area (Å²) in [5.74, 6) is 1.80. The van der Waals surface area contributed by atoms with Gasteiger partial charge in [0.05, 0.1) is 5.69 Å². The monoisotopic (exact) mass is 403 g/mol. The molecular formula is C27H37N3. The van der Waals surface area contributed by atoms with Crippen LogP contribution in [0.15, 0.2) is 41.1 Å². The van der Waals surface area contributed by atoms with Crippen molar-refractivity contribution in [3.05, 3.63) is 52.8 Å². The third-order valence-electron chi connectivity index (χ3n) is 6.92. The molecule has 2 fully saturated rings. The van der Waals surface area contributed by atoms with E-state index in [2.05, 4.69) is 59.7 Å². The molecule has 3 heterocycles. The number of amidine groups is 1. The van der Waals surface area contributed by atoms with E-state index in [-0.39, 0.29) is 0 Å². The molecule has 3 heteroatoms. The third kappa shape index (κ3) is 4.79. The summed E-state index contributed by atoms with van der Waals surface area (Å²) < 4.78 is 0. The summed E-state index contributed by atoms with van der Waals surface area (Å²) in [5, 5.41) is 0. The third-order valence-corrected chi connectivity index (χ3v) is 6.92. The highest BCUT2D eigenvalue weighted by Crippen LogP contribution is 2.33. The van der Waals surface area contributed by atoms with E-state index in [1.807, 2.05) is 13.0 Å². The summed E-state index contributed by atoms with van der Waals surface area (Å²) in [6, 6.07) is 5.25. The Bertz CT molecular complexity index is 872. The number of aliphatic imine (C=N–C) groups is 1. The minimum Gasteiger partial charge on any atom is -0.357 e. The predicted molar refractivity (Wildman–Crippen MR) is 128 cm³/mol. The van der Waals surface area contributed by atoms with Crippen molar-refractivity contribution in [2.45, 2.75) is 65.3 Å². The summed E-state index contributed by atoms with van der Waals surface area (Å²) in [6.45, 7) is 11.2. The van der Waals surface area contributed by atoms with Crippen LogP contribution in [0.4, 0.5) is 5.69 Å². The molecule has 0 amide bonds. The van der Waals surface area contributed by atoms with E-state index in [9.17, 15) is 0 Å². The average Bonchev–Trinajstić information content (AvgIpc) is 2.73. The number of hydrogen-bond donors (Lipinski definition) is 0. The Hall–Kier alpha value is -2.09. The van der Waals surface area contributed by atoms with E-state index < -0.39 is 0 Å². The molecule has 0 N–H and O–H groups in total. The van der Waals surface area contributed by atoms with Gasteiger partial charge < -0.3 is 4.90 Å². The second kappa shape index (κ2) is 9.81. The Balaban J connectivity index is 1.67. The number of rotatable bonds is 3. The molecule has 0 bridgehead atoms. The Morgan fingerprint density at radius 1 is 1.17 bits per heavy atom. The van der Waals surface area contributed by atoms with Gasteiger partial charge in [-0.15, -0.1) is 5.73 Å². The number of piperazine rings is 1. The maximum Gasteiger partial charge on any atom is 0.108 e. The Labute approximate surface area is 182 Å². The maximum absolute atomic E-state index is 5.39. The summed E-state index contributed by atoms with van der Waals surface area (Å²) in [4.78, 5) is 10.7. The second-order valence-corrected chi connectivity index (χ2v) is 9.19. The fourth-order valence-corrected chi connectivity index (χ4v) is 5.36. The largest absolute Gasteiger partial charge is 0.357 e. The van der Waals surface area contributed by atoms with Gasteiger partial charge in [0.2, 0.25) is 0 Å². The lowest BCUT2D eigenvalue weighted by Crippen LogP contribution is -2.57. The smallest absolute Gasteiger partial charge is 0.108 e. The van der Waals surface area contributed by atoms with Crippen molar-refractivity contribution in [2.24, 2.45) is 10.9 Å². The van der Waals surface area contributed by atoms with Crippen molar-refractivity contribution in [3.8, 4) is 0 Å². The first-order valence-electron chi connectivity index (χ1n) is 11.9. The van der Waals surface area contributed by atoms with Crippen molar-refractivity contribution in [1.82, 2.24) is 9.80 Å². The van der Waals surface area contributed by atoms with Crippen LogP contribution in [0.25, 0.3) is 6.08 Å². The van der Waals surface area contributed by atoms with Crippen molar-refractivity contribution in [1.29, 1.82) is 0 Å². The lowest BCUT2D eigenvalue weighted by molar-refractivity contribution is 0.0779. The first-order chi connectivity index (χ1) is 14.7. The number of hydrogen-bond acceptors (Lipinski definition) is 3. The first kappa shape index (κ1) is 21.2. The minimum atomic E-state index is 0.472.